The molecule has 0 aromatic carbocycles. The van der Waals surface area contributed by atoms with Gasteiger partial charge in [-0.2, -0.15) is 0 Å². The fourth-order valence-electron chi connectivity index (χ4n) is 1.38. The summed E-state index contributed by atoms with van der Waals surface area (Å²) in [5, 5.41) is 2.18. The molecule has 3 N–H and O–H groups in total. The van der Waals surface area contributed by atoms with Crippen LogP contribution in [0, 0.1) is 0 Å². The Kier molecular flexibility index (Phi) is 2.81. The van der Waals surface area contributed by atoms with E-state index in [1.165, 1.54) is 11.8 Å². The third kappa shape index (κ3) is 1.99. The number of imide groups is 1. The van der Waals surface area contributed by atoms with Crippen molar-refractivity contribution >= 4 is 17.7 Å². The number of piperazine rings is 1. The molecule has 0 saturated carbocycles. The number of nitrogens with two attached hydrogens (primary N) is 1. The normalized spacial score (nSPS) is 22.3. The van der Waals surface area contributed by atoms with Crippen LogP contribution in [0.5, 0.6) is 0 Å². The Labute approximate surface area is 87.8 Å². The van der Waals surface area contributed by atoms with E-state index in [0.717, 1.165) is 0 Å². The Morgan fingerprint density at radius 3 is 2.53 bits per heavy atom. The van der Waals surface area contributed by atoms with Gasteiger partial charge in [-0.1, -0.05) is 0 Å². The largest absolute Gasteiger partial charge is 0.320 e. The molecule has 0 aromatic heterocycles. The topological polar surface area (TPSA) is 92.5 Å². The van der Waals surface area contributed by atoms with Gasteiger partial charge in [0.1, 0.15) is 12.1 Å². The quantitative estimate of drug-likeness (QED) is 0.524. The van der Waals surface area contributed by atoms with Crippen LogP contribution in [-0.4, -0.2) is 40.7 Å². The maximum absolute atomic E-state index is 11.7. The molecule has 1 rings (SSSR count). The summed E-state index contributed by atoms with van der Waals surface area (Å²) in [6.45, 7) is 4.55. The molecule has 1 aliphatic rings. The van der Waals surface area contributed by atoms with Gasteiger partial charge in [-0.05, 0) is 20.8 Å². The smallest absolute Gasteiger partial charge is 0.252 e. The SMILES string of the molecule is CC(N)C(=O)N1CC(=O)NC(=O)C1(C)C. The summed E-state index contributed by atoms with van der Waals surface area (Å²) in [4.78, 5) is 35.5. The molecule has 1 fully saturated rings. The highest BCUT2D eigenvalue weighted by Crippen LogP contribution is 2.18. The van der Waals surface area contributed by atoms with Gasteiger partial charge in [0.15, 0.2) is 0 Å². The van der Waals surface area contributed by atoms with Crippen molar-refractivity contribution in [2.24, 2.45) is 5.73 Å². The van der Waals surface area contributed by atoms with Crippen molar-refractivity contribution in [1.29, 1.82) is 0 Å². The Balaban J connectivity index is 2.99. The summed E-state index contributed by atoms with van der Waals surface area (Å²) in [5.41, 5.74) is 4.42. The van der Waals surface area contributed by atoms with Gasteiger partial charge in [-0.3, -0.25) is 19.7 Å². The van der Waals surface area contributed by atoms with Gasteiger partial charge in [-0.15, -0.1) is 0 Å². The second-order valence-corrected chi connectivity index (χ2v) is 4.15. The van der Waals surface area contributed by atoms with Crippen molar-refractivity contribution in [1.82, 2.24) is 10.2 Å². The predicted octanol–water partition coefficient (Wildman–Crippen LogP) is -1.40. The van der Waals surface area contributed by atoms with Crippen LogP contribution in [0.1, 0.15) is 20.8 Å². The fourth-order valence-corrected chi connectivity index (χ4v) is 1.38. The number of carbonyl (C=O) groups is 3. The van der Waals surface area contributed by atoms with E-state index in [4.69, 9.17) is 5.73 Å². The lowest BCUT2D eigenvalue weighted by Crippen LogP contribution is -2.67. The molecule has 1 unspecified atom stereocenters. The first kappa shape index (κ1) is 11.6. The number of rotatable bonds is 1. The highest BCUT2D eigenvalue weighted by Gasteiger charge is 2.43. The zero-order valence-electron chi connectivity index (χ0n) is 9.03. The van der Waals surface area contributed by atoms with E-state index in [-0.39, 0.29) is 6.54 Å². The fraction of sp³-hybridized carbons (Fsp3) is 0.667. The van der Waals surface area contributed by atoms with E-state index in [2.05, 4.69) is 5.32 Å². The lowest BCUT2D eigenvalue weighted by molar-refractivity contribution is -0.156. The molecule has 3 amide bonds. The summed E-state index contributed by atoms with van der Waals surface area (Å²) in [6.07, 6.45) is 0. The van der Waals surface area contributed by atoms with Crippen LogP contribution in [-0.2, 0) is 14.4 Å². The summed E-state index contributed by atoms with van der Waals surface area (Å²) >= 11 is 0. The van der Waals surface area contributed by atoms with Crippen LogP contribution < -0.4 is 11.1 Å². The minimum atomic E-state index is -1.03. The molecule has 1 atom stereocenters. The highest BCUT2D eigenvalue weighted by atomic mass is 16.2. The molecule has 0 aliphatic carbocycles. The molecule has 6 nitrogen and oxygen atoms in total. The molecular formula is C9H15N3O3. The van der Waals surface area contributed by atoms with E-state index >= 15 is 0 Å². The van der Waals surface area contributed by atoms with Crippen LogP contribution >= 0.6 is 0 Å². The van der Waals surface area contributed by atoms with E-state index in [1.54, 1.807) is 13.8 Å². The molecule has 15 heavy (non-hydrogen) atoms. The maximum atomic E-state index is 11.7. The number of nitrogens with one attached hydrogen (secondary N) is 1. The Morgan fingerprint density at radius 1 is 1.53 bits per heavy atom. The second-order valence-electron chi connectivity index (χ2n) is 4.15. The first-order valence-electron chi connectivity index (χ1n) is 4.68. The van der Waals surface area contributed by atoms with Crippen molar-refractivity contribution in [2.45, 2.75) is 32.4 Å². The standard InChI is InChI=1S/C9H15N3O3/c1-5(10)7(14)12-4-6(13)11-8(15)9(12,2)3/h5H,4,10H2,1-3H3,(H,11,13,15). The van der Waals surface area contributed by atoms with Crippen molar-refractivity contribution < 1.29 is 14.4 Å². The minimum absolute atomic E-state index is 0.126. The minimum Gasteiger partial charge on any atom is -0.320 e. The van der Waals surface area contributed by atoms with Gasteiger partial charge in [0.05, 0.1) is 6.04 Å². The molecule has 84 valence electrons. The summed E-state index contributed by atoms with van der Waals surface area (Å²) in [6, 6.07) is -0.719. The Bertz CT molecular complexity index is 323. The monoisotopic (exact) mass is 213 g/mol. The zero-order chi connectivity index (χ0) is 11.8. The van der Waals surface area contributed by atoms with E-state index in [1.807, 2.05) is 0 Å². The lowest BCUT2D eigenvalue weighted by Gasteiger charge is -2.40. The predicted molar refractivity (Wildman–Crippen MR) is 52.6 cm³/mol. The van der Waals surface area contributed by atoms with Gasteiger partial charge >= 0.3 is 0 Å². The second kappa shape index (κ2) is 3.62. The van der Waals surface area contributed by atoms with Gasteiger partial charge in [-0.25, -0.2) is 0 Å². The third-order valence-electron chi connectivity index (χ3n) is 2.44. The maximum Gasteiger partial charge on any atom is 0.252 e. The molecule has 0 bridgehead atoms. The van der Waals surface area contributed by atoms with Crippen LogP contribution in [0.2, 0.25) is 0 Å². The zero-order valence-corrected chi connectivity index (χ0v) is 9.03. The van der Waals surface area contributed by atoms with E-state index in [9.17, 15) is 14.4 Å². The van der Waals surface area contributed by atoms with Crippen LogP contribution in [0.15, 0.2) is 0 Å². The molecule has 0 spiro atoms. The molecule has 6 heteroatoms. The molecule has 1 heterocycles. The Morgan fingerprint density at radius 2 is 2.07 bits per heavy atom. The highest BCUT2D eigenvalue weighted by molar-refractivity contribution is 6.06. The van der Waals surface area contributed by atoms with Crippen molar-refractivity contribution in [3.8, 4) is 0 Å². The number of carbonyl (C=O) groups excluding carboxylic acids is 3. The number of amides is 3. The van der Waals surface area contributed by atoms with Crippen molar-refractivity contribution in [3.05, 3.63) is 0 Å². The van der Waals surface area contributed by atoms with Gasteiger partial charge in [0.25, 0.3) is 5.91 Å². The van der Waals surface area contributed by atoms with Crippen LogP contribution in [0.3, 0.4) is 0 Å². The van der Waals surface area contributed by atoms with Crippen LogP contribution in [0.25, 0.3) is 0 Å². The Hall–Kier alpha value is -1.43. The average molecular weight is 213 g/mol. The van der Waals surface area contributed by atoms with Gasteiger partial charge in [0, 0.05) is 0 Å². The molecule has 1 aliphatic heterocycles. The first-order valence-corrected chi connectivity index (χ1v) is 4.68. The summed E-state index contributed by atoms with van der Waals surface area (Å²) in [7, 11) is 0. The van der Waals surface area contributed by atoms with Crippen LogP contribution in [0.4, 0.5) is 0 Å². The average Bonchev–Trinajstić information content (AvgIpc) is 2.10. The lowest BCUT2D eigenvalue weighted by atomic mass is 9.98. The molecule has 0 radical (unpaired) electrons. The third-order valence-corrected chi connectivity index (χ3v) is 2.44. The number of hydrogen-bond donors (Lipinski definition) is 2. The van der Waals surface area contributed by atoms with Gasteiger partial charge < -0.3 is 10.6 Å². The molecular weight excluding hydrogens is 198 g/mol. The number of nitrogens with zero attached hydrogens (tertiary/aromatic N) is 1. The van der Waals surface area contributed by atoms with Crippen molar-refractivity contribution in [2.75, 3.05) is 6.54 Å². The van der Waals surface area contributed by atoms with Crippen molar-refractivity contribution in [3.63, 3.8) is 0 Å². The molecule has 1 saturated heterocycles. The first-order chi connectivity index (χ1) is 6.76. The summed E-state index contributed by atoms with van der Waals surface area (Å²) in [5.74, 6) is -1.36. The summed E-state index contributed by atoms with van der Waals surface area (Å²) < 4.78 is 0. The van der Waals surface area contributed by atoms with E-state index in [0.29, 0.717) is 0 Å². The number of hydrogen-bond acceptors (Lipinski definition) is 4. The molecule has 0 aromatic rings. The van der Waals surface area contributed by atoms with E-state index < -0.39 is 29.3 Å². The van der Waals surface area contributed by atoms with Gasteiger partial charge in [0.2, 0.25) is 11.8 Å².